The van der Waals surface area contributed by atoms with Crippen LogP contribution in [-0.4, -0.2) is 82.3 Å². The van der Waals surface area contributed by atoms with E-state index >= 15 is 0 Å². The van der Waals surface area contributed by atoms with Gasteiger partial charge in [-0.3, -0.25) is 14.4 Å². The van der Waals surface area contributed by atoms with E-state index < -0.39 is 24.4 Å². The minimum atomic E-state index is -0.794. The maximum absolute atomic E-state index is 13.2. The molecule has 2 aliphatic heterocycles. The summed E-state index contributed by atoms with van der Waals surface area (Å²) in [4.78, 5) is 48.2. The van der Waals surface area contributed by atoms with E-state index in [9.17, 15) is 14.4 Å². The van der Waals surface area contributed by atoms with Crippen molar-refractivity contribution in [2.45, 2.75) is 78.3 Å². The average molecular weight is 430 g/mol. The van der Waals surface area contributed by atoms with Gasteiger partial charge in [0.1, 0.15) is 6.04 Å². The highest BCUT2D eigenvalue weighted by molar-refractivity contribution is 7.98. The predicted octanol–water partition coefficient (Wildman–Crippen LogP) is 2.72. The summed E-state index contributed by atoms with van der Waals surface area (Å²) in [6.45, 7) is 10.4. The molecule has 2 aliphatic rings. The third-order valence-electron chi connectivity index (χ3n) is 5.14. The smallest absolute Gasteiger partial charge is 0.436 e. The lowest BCUT2D eigenvalue weighted by Gasteiger charge is -2.52. The minimum absolute atomic E-state index is 0.0433. The lowest BCUT2D eigenvalue weighted by atomic mass is 10.0. The summed E-state index contributed by atoms with van der Waals surface area (Å²) >= 11 is 1.63. The van der Waals surface area contributed by atoms with Gasteiger partial charge < -0.3 is 14.5 Å². The number of piperazine rings is 1. The van der Waals surface area contributed by atoms with E-state index in [1.165, 1.54) is 5.06 Å². The van der Waals surface area contributed by atoms with Crippen molar-refractivity contribution in [1.82, 2.24) is 14.9 Å². The Morgan fingerprint density at radius 3 is 2.48 bits per heavy atom. The molecule has 9 heteroatoms. The molecule has 0 N–H and O–H groups in total. The van der Waals surface area contributed by atoms with Gasteiger partial charge in [0.15, 0.2) is 12.3 Å². The Kier molecular flexibility index (Phi) is 8.63. The van der Waals surface area contributed by atoms with E-state index in [1.807, 2.05) is 13.2 Å². The summed E-state index contributed by atoms with van der Waals surface area (Å²) in [5.74, 6) is 0.924. The maximum Gasteiger partial charge on any atom is 0.436 e. The van der Waals surface area contributed by atoms with Gasteiger partial charge in [-0.1, -0.05) is 20.8 Å². The van der Waals surface area contributed by atoms with Crippen molar-refractivity contribution in [1.29, 1.82) is 0 Å². The highest BCUT2D eigenvalue weighted by Gasteiger charge is 2.52. The number of nitrogens with zero attached hydrogens (tertiary/aromatic N) is 3. The number of thioether (sulfide) groups is 1. The molecule has 8 nitrogen and oxygen atoms in total. The summed E-state index contributed by atoms with van der Waals surface area (Å²) in [5.41, 5.74) is 0. The number of fused-ring (bicyclic) bond motifs is 1. The summed E-state index contributed by atoms with van der Waals surface area (Å²) in [6.07, 6.45) is 1.39. The quantitative estimate of drug-likeness (QED) is 0.590. The monoisotopic (exact) mass is 429 g/mol. The van der Waals surface area contributed by atoms with Crippen LogP contribution in [0.5, 0.6) is 0 Å². The zero-order chi connectivity index (χ0) is 21.7. The Hall–Kier alpha value is -1.48. The second kappa shape index (κ2) is 10.5. The van der Waals surface area contributed by atoms with E-state index in [2.05, 4.69) is 13.8 Å². The van der Waals surface area contributed by atoms with Gasteiger partial charge in [-0.2, -0.15) is 16.8 Å². The van der Waals surface area contributed by atoms with Gasteiger partial charge >= 0.3 is 6.09 Å². The Morgan fingerprint density at radius 2 is 1.93 bits per heavy atom. The number of amides is 3. The van der Waals surface area contributed by atoms with Gasteiger partial charge in [0.05, 0.1) is 12.6 Å². The van der Waals surface area contributed by atoms with Crippen LogP contribution in [0.4, 0.5) is 4.79 Å². The number of ether oxygens (including phenoxy) is 1. The molecule has 0 saturated carbocycles. The number of hydroxylamine groups is 2. The number of carbonyl (C=O) groups excluding carboxylic acids is 3. The van der Waals surface area contributed by atoms with Gasteiger partial charge in [-0.05, 0) is 51.0 Å². The van der Waals surface area contributed by atoms with Crippen LogP contribution in [0.15, 0.2) is 0 Å². The molecule has 0 radical (unpaired) electrons. The van der Waals surface area contributed by atoms with Crippen LogP contribution in [-0.2, 0) is 19.2 Å². The molecule has 2 fully saturated rings. The van der Waals surface area contributed by atoms with Crippen LogP contribution in [0.3, 0.4) is 0 Å². The lowest BCUT2D eigenvalue weighted by molar-refractivity contribution is -0.267. The predicted molar refractivity (Wildman–Crippen MR) is 112 cm³/mol. The second-order valence-corrected chi connectivity index (χ2v) is 9.24. The Bertz CT molecular complexity index is 601. The molecule has 0 aromatic carbocycles. The molecule has 0 aliphatic carbocycles. The summed E-state index contributed by atoms with van der Waals surface area (Å²) < 4.78 is 5.36. The number of rotatable bonds is 8. The van der Waals surface area contributed by atoms with Crippen LogP contribution >= 0.6 is 11.8 Å². The van der Waals surface area contributed by atoms with E-state index in [0.717, 1.165) is 12.2 Å². The SMILES string of the molecule is CC[C@H]1ON(C(=O)OC(C)C)[C@H]2CN(CCC(C)C)C(=O)[C@H](CCSC)N2C1=O. The van der Waals surface area contributed by atoms with E-state index in [0.29, 0.717) is 25.3 Å². The Morgan fingerprint density at radius 1 is 1.24 bits per heavy atom. The van der Waals surface area contributed by atoms with Gasteiger partial charge in [0, 0.05) is 6.54 Å². The van der Waals surface area contributed by atoms with Crippen molar-refractivity contribution in [3.8, 4) is 0 Å². The Labute approximate surface area is 178 Å². The van der Waals surface area contributed by atoms with Gasteiger partial charge in [-0.25, -0.2) is 4.79 Å². The fourth-order valence-corrected chi connectivity index (χ4v) is 4.05. The molecule has 3 amide bonds. The van der Waals surface area contributed by atoms with E-state index in [1.54, 1.807) is 35.4 Å². The third-order valence-corrected chi connectivity index (χ3v) is 5.78. The minimum Gasteiger partial charge on any atom is -0.445 e. The van der Waals surface area contributed by atoms with E-state index in [-0.39, 0.29) is 24.5 Å². The molecule has 0 unspecified atom stereocenters. The fraction of sp³-hybridized carbons (Fsp3) is 0.850. The van der Waals surface area contributed by atoms with Crippen LogP contribution in [0.2, 0.25) is 0 Å². The number of carbonyl (C=O) groups is 3. The molecule has 0 spiro atoms. The van der Waals surface area contributed by atoms with Crippen LogP contribution in [0.25, 0.3) is 0 Å². The third kappa shape index (κ3) is 5.57. The molecule has 0 bridgehead atoms. The highest BCUT2D eigenvalue weighted by atomic mass is 32.2. The normalized spacial score (nSPS) is 25.1. The first-order chi connectivity index (χ1) is 13.7. The maximum atomic E-state index is 13.2. The zero-order valence-electron chi connectivity index (χ0n) is 18.4. The van der Waals surface area contributed by atoms with Crippen molar-refractivity contribution in [3.63, 3.8) is 0 Å². The second-order valence-electron chi connectivity index (χ2n) is 8.25. The van der Waals surface area contributed by atoms with Crippen molar-refractivity contribution in [3.05, 3.63) is 0 Å². The summed E-state index contributed by atoms with van der Waals surface area (Å²) in [7, 11) is 0. The summed E-state index contributed by atoms with van der Waals surface area (Å²) in [5, 5.41) is 1.18. The van der Waals surface area contributed by atoms with Gasteiger partial charge in [-0.15, -0.1) is 0 Å². The Balaban J connectivity index is 2.37. The van der Waals surface area contributed by atoms with E-state index in [4.69, 9.17) is 9.57 Å². The standard InChI is InChI=1S/C20H35N3O5S/c1-7-16-19(25)22-15(9-11-29-6)18(24)21(10-8-13(2)3)12-17(22)23(28-16)20(26)27-14(4)5/h13-17H,7-12H2,1-6H3/t15-,16+,17-/m0/s1. The van der Waals surface area contributed by atoms with Crippen molar-refractivity contribution >= 4 is 29.7 Å². The molecular weight excluding hydrogens is 394 g/mol. The number of hydrogen-bond donors (Lipinski definition) is 0. The first kappa shape index (κ1) is 23.8. The van der Waals surface area contributed by atoms with Gasteiger partial charge in [0.2, 0.25) is 5.91 Å². The first-order valence-electron chi connectivity index (χ1n) is 10.5. The molecule has 29 heavy (non-hydrogen) atoms. The topological polar surface area (TPSA) is 79.4 Å². The van der Waals surface area contributed by atoms with Crippen molar-refractivity contribution in [2.24, 2.45) is 5.92 Å². The zero-order valence-corrected chi connectivity index (χ0v) is 19.2. The van der Waals surface area contributed by atoms with Crippen molar-refractivity contribution in [2.75, 3.05) is 25.1 Å². The summed E-state index contributed by atoms with van der Waals surface area (Å²) in [6, 6.07) is -0.590. The lowest BCUT2D eigenvalue weighted by Crippen LogP contribution is -2.73. The molecule has 0 aromatic heterocycles. The average Bonchev–Trinajstić information content (AvgIpc) is 2.65. The van der Waals surface area contributed by atoms with Crippen LogP contribution < -0.4 is 0 Å². The molecule has 166 valence electrons. The molecule has 0 aromatic rings. The molecule has 2 saturated heterocycles. The van der Waals surface area contributed by atoms with Crippen LogP contribution in [0.1, 0.15) is 53.9 Å². The number of hydrogen-bond acceptors (Lipinski definition) is 6. The van der Waals surface area contributed by atoms with Crippen LogP contribution in [0, 0.1) is 5.92 Å². The molecule has 2 heterocycles. The van der Waals surface area contributed by atoms with Crippen molar-refractivity contribution < 1.29 is 24.0 Å². The molecule has 2 rings (SSSR count). The molecule has 3 atom stereocenters. The highest BCUT2D eigenvalue weighted by Crippen LogP contribution is 2.31. The largest absolute Gasteiger partial charge is 0.445 e. The fourth-order valence-electron chi connectivity index (χ4n) is 3.59. The first-order valence-corrected chi connectivity index (χ1v) is 11.9. The molecular formula is C20H35N3O5S. The van der Waals surface area contributed by atoms with Gasteiger partial charge in [0.25, 0.3) is 5.91 Å².